The highest BCUT2D eigenvalue weighted by atomic mass is 16.5. The van der Waals surface area contributed by atoms with Gasteiger partial charge in [0.15, 0.2) is 0 Å². The van der Waals surface area contributed by atoms with Gasteiger partial charge in [0.05, 0.1) is 12.1 Å². The largest absolute Gasteiger partial charge is 0.380 e. The van der Waals surface area contributed by atoms with E-state index in [2.05, 4.69) is 34.1 Å². The van der Waals surface area contributed by atoms with Gasteiger partial charge in [0.25, 0.3) is 0 Å². The lowest BCUT2D eigenvalue weighted by atomic mass is 9.74. The average molecular weight is 342 g/mol. The Labute approximate surface area is 151 Å². The third-order valence-electron chi connectivity index (χ3n) is 6.31. The zero-order chi connectivity index (χ0) is 17.3. The molecule has 1 spiro atoms. The average Bonchev–Trinajstić information content (AvgIpc) is 3.45. The Bertz CT molecular complexity index is 618. The van der Waals surface area contributed by atoms with Crippen molar-refractivity contribution in [2.75, 3.05) is 39.4 Å². The van der Waals surface area contributed by atoms with E-state index in [0.29, 0.717) is 0 Å². The third-order valence-corrected chi connectivity index (χ3v) is 6.31. The second-order valence-corrected chi connectivity index (χ2v) is 7.97. The van der Waals surface area contributed by atoms with E-state index in [9.17, 15) is 4.79 Å². The minimum absolute atomic E-state index is 0.0912. The zero-order valence-electron chi connectivity index (χ0n) is 15.4. The molecule has 136 valence electrons. The van der Waals surface area contributed by atoms with Crippen molar-refractivity contribution >= 4 is 5.91 Å². The predicted molar refractivity (Wildman–Crippen MR) is 98.4 cm³/mol. The molecule has 4 nitrogen and oxygen atoms in total. The molecule has 2 fully saturated rings. The molecule has 1 aromatic carbocycles. The molecule has 3 aliphatic rings. The number of ether oxygens (including phenoxy) is 1. The van der Waals surface area contributed by atoms with Crippen LogP contribution < -0.4 is 0 Å². The SMILES string of the molecule is CC(=O)N1CCc2ccccc2C12CCN(CCOCC1CC1)CC2. The van der Waals surface area contributed by atoms with Gasteiger partial charge in [-0.15, -0.1) is 0 Å². The molecule has 0 unspecified atom stereocenters. The molecule has 1 aromatic rings. The number of benzene rings is 1. The fraction of sp³-hybridized carbons (Fsp3) is 0.667. The Morgan fingerprint density at radius 2 is 1.96 bits per heavy atom. The first-order valence-electron chi connectivity index (χ1n) is 9.86. The van der Waals surface area contributed by atoms with E-state index in [1.807, 2.05) is 0 Å². The minimum atomic E-state index is -0.0912. The summed E-state index contributed by atoms with van der Waals surface area (Å²) in [5.74, 6) is 1.06. The number of hydrogen-bond donors (Lipinski definition) is 0. The maximum absolute atomic E-state index is 12.3. The van der Waals surface area contributed by atoms with Crippen LogP contribution in [0.1, 0.15) is 43.7 Å². The Kier molecular flexibility index (Phi) is 4.83. The number of hydrogen-bond acceptors (Lipinski definition) is 3. The van der Waals surface area contributed by atoms with E-state index in [1.165, 1.54) is 24.0 Å². The number of rotatable bonds is 5. The summed E-state index contributed by atoms with van der Waals surface area (Å²) >= 11 is 0. The Morgan fingerprint density at radius 1 is 1.20 bits per heavy atom. The summed E-state index contributed by atoms with van der Waals surface area (Å²) in [6, 6.07) is 8.75. The molecule has 1 aliphatic carbocycles. The van der Waals surface area contributed by atoms with Crippen molar-refractivity contribution in [3.63, 3.8) is 0 Å². The molecule has 1 saturated heterocycles. The number of likely N-dealkylation sites (tertiary alicyclic amines) is 1. The molecule has 0 aromatic heterocycles. The standard InChI is InChI=1S/C21H30N2O2/c1-17(24)23-11-8-19-4-2-3-5-20(19)21(23)9-12-22(13-10-21)14-15-25-16-18-6-7-18/h2-5,18H,6-16H2,1H3. The first-order chi connectivity index (χ1) is 12.2. The van der Waals surface area contributed by atoms with Crippen LogP contribution in [0, 0.1) is 5.92 Å². The van der Waals surface area contributed by atoms with E-state index in [0.717, 1.165) is 64.6 Å². The van der Waals surface area contributed by atoms with Crippen LogP contribution in [0.15, 0.2) is 24.3 Å². The van der Waals surface area contributed by atoms with E-state index in [-0.39, 0.29) is 11.4 Å². The summed E-state index contributed by atoms with van der Waals surface area (Å²) in [5.41, 5.74) is 2.73. The topological polar surface area (TPSA) is 32.8 Å². The summed E-state index contributed by atoms with van der Waals surface area (Å²) in [4.78, 5) is 17.0. The monoisotopic (exact) mass is 342 g/mol. The van der Waals surface area contributed by atoms with Gasteiger partial charge in [0, 0.05) is 39.7 Å². The van der Waals surface area contributed by atoms with E-state index in [1.54, 1.807) is 6.92 Å². The third kappa shape index (κ3) is 3.47. The van der Waals surface area contributed by atoms with E-state index < -0.39 is 0 Å². The second-order valence-electron chi connectivity index (χ2n) is 7.97. The lowest BCUT2D eigenvalue weighted by Crippen LogP contribution is -2.57. The summed E-state index contributed by atoms with van der Waals surface area (Å²) in [5, 5.41) is 0. The summed E-state index contributed by atoms with van der Waals surface area (Å²) < 4.78 is 5.81. The highest BCUT2D eigenvalue weighted by Gasteiger charge is 2.45. The van der Waals surface area contributed by atoms with Crippen molar-refractivity contribution in [3.8, 4) is 0 Å². The van der Waals surface area contributed by atoms with Gasteiger partial charge in [-0.25, -0.2) is 0 Å². The summed E-state index contributed by atoms with van der Waals surface area (Å²) in [6.07, 6.45) is 5.76. The van der Waals surface area contributed by atoms with Gasteiger partial charge >= 0.3 is 0 Å². The Morgan fingerprint density at radius 3 is 2.68 bits per heavy atom. The summed E-state index contributed by atoms with van der Waals surface area (Å²) in [6.45, 7) is 7.49. The fourth-order valence-electron chi connectivity index (χ4n) is 4.66. The highest BCUT2D eigenvalue weighted by molar-refractivity contribution is 5.75. The first-order valence-corrected chi connectivity index (χ1v) is 9.86. The Balaban J connectivity index is 1.42. The minimum Gasteiger partial charge on any atom is -0.380 e. The molecule has 0 N–H and O–H groups in total. The van der Waals surface area contributed by atoms with Crippen molar-refractivity contribution in [2.24, 2.45) is 5.92 Å². The van der Waals surface area contributed by atoms with Crippen LogP contribution in [0.5, 0.6) is 0 Å². The number of nitrogens with zero attached hydrogens (tertiary/aromatic N) is 2. The van der Waals surface area contributed by atoms with Crippen molar-refractivity contribution in [2.45, 2.75) is 44.6 Å². The number of carbonyl (C=O) groups is 1. The van der Waals surface area contributed by atoms with Crippen LogP contribution in [-0.2, 0) is 21.5 Å². The molecule has 0 atom stereocenters. The van der Waals surface area contributed by atoms with Crippen LogP contribution in [0.4, 0.5) is 0 Å². The van der Waals surface area contributed by atoms with Gasteiger partial charge in [0.1, 0.15) is 0 Å². The van der Waals surface area contributed by atoms with E-state index in [4.69, 9.17) is 4.74 Å². The van der Waals surface area contributed by atoms with Crippen LogP contribution >= 0.6 is 0 Å². The quantitative estimate of drug-likeness (QED) is 0.772. The second kappa shape index (κ2) is 7.08. The molecular weight excluding hydrogens is 312 g/mol. The van der Waals surface area contributed by atoms with Crippen LogP contribution in [0.25, 0.3) is 0 Å². The maximum Gasteiger partial charge on any atom is 0.220 e. The molecule has 4 heteroatoms. The number of amides is 1. The van der Waals surface area contributed by atoms with Crippen molar-refractivity contribution < 1.29 is 9.53 Å². The normalized spacial score (nSPS) is 22.8. The van der Waals surface area contributed by atoms with Gasteiger partial charge in [-0.2, -0.15) is 0 Å². The molecule has 0 bridgehead atoms. The number of fused-ring (bicyclic) bond motifs is 2. The van der Waals surface area contributed by atoms with Gasteiger partial charge in [-0.05, 0) is 49.1 Å². The number of carbonyl (C=O) groups excluding carboxylic acids is 1. The summed E-state index contributed by atoms with van der Waals surface area (Å²) in [7, 11) is 0. The van der Waals surface area contributed by atoms with Crippen molar-refractivity contribution in [3.05, 3.63) is 35.4 Å². The molecule has 4 rings (SSSR count). The fourth-order valence-corrected chi connectivity index (χ4v) is 4.66. The molecule has 1 amide bonds. The number of piperidine rings is 1. The van der Waals surface area contributed by atoms with Crippen LogP contribution in [-0.4, -0.2) is 55.1 Å². The molecule has 1 saturated carbocycles. The van der Waals surface area contributed by atoms with Crippen LogP contribution in [0.2, 0.25) is 0 Å². The van der Waals surface area contributed by atoms with Crippen molar-refractivity contribution in [1.29, 1.82) is 0 Å². The first kappa shape index (κ1) is 17.0. The molecule has 25 heavy (non-hydrogen) atoms. The smallest absolute Gasteiger partial charge is 0.220 e. The lowest BCUT2D eigenvalue weighted by Gasteiger charge is -2.52. The highest BCUT2D eigenvalue weighted by Crippen LogP contribution is 2.43. The lowest BCUT2D eigenvalue weighted by molar-refractivity contribution is -0.139. The van der Waals surface area contributed by atoms with Gasteiger partial charge < -0.3 is 14.5 Å². The van der Waals surface area contributed by atoms with Crippen LogP contribution in [0.3, 0.4) is 0 Å². The van der Waals surface area contributed by atoms with Gasteiger partial charge in [0.2, 0.25) is 5.91 Å². The maximum atomic E-state index is 12.3. The van der Waals surface area contributed by atoms with E-state index >= 15 is 0 Å². The molecular formula is C21H30N2O2. The zero-order valence-corrected chi connectivity index (χ0v) is 15.4. The molecule has 2 heterocycles. The predicted octanol–water partition coefficient (Wildman–Crippen LogP) is 2.81. The van der Waals surface area contributed by atoms with Crippen molar-refractivity contribution in [1.82, 2.24) is 9.80 Å². The Hall–Kier alpha value is -1.39. The molecule has 0 radical (unpaired) electrons. The van der Waals surface area contributed by atoms with Gasteiger partial charge in [-0.3, -0.25) is 4.79 Å². The van der Waals surface area contributed by atoms with Gasteiger partial charge in [-0.1, -0.05) is 24.3 Å². The molecule has 2 aliphatic heterocycles.